The molecule has 21 heavy (non-hydrogen) atoms. The molecule has 1 aliphatic heterocycles. The van der Waals surface area contributed by atoms with E-state index in [4.69, 9.17) is 0 Å². The van der Waals surface area contributed by atoms with Gasteiger partial charge in [-0.1, -0.05) is 26.2 Å². The first kappa shape index (κ1) is 16.3. The Labute approximate surface area is 127 Å². The molecule has 3 atom stereocenters. The molecule has 5 heteroatoms. The Hall–Kier alpha value is -1.10. The second-order valence-electron chi connectivity index (χ2n) is 6.71. The highest BCUT2D eigenvalue weighted by molar-refractivity contribution is 5.95. The molecule has 0 radical (unpaired) electrons. The topological polar surface area (TPSA) is 61.4 Å². The smallest absolute Gasteiger partial charge is 0.321 e. The fourth-order valence-corrected chi connectivity index (χ4v) is 3.48. The summed E-state index contributed by atoms with van der Waals surface area (Å²) in [6.45, 7) is 5.60. The van der Waals surface area contributed by atoms with Crippen LogP contribution < -0.4 is 10.6 Å². The quantitative estimate of drug-likeness (QED) is 0.839. The Morgan fingerprint density at radius 1 is 1.05 bits per heavy atom. The van der Waals surface area contributed by atoms with Gasteiger partial charge in [0.1, 0.15) is 0 Å². The highest BCUT2D eigenvalue weighted by Crippen LogP contribution is 2.23. The van der Waals surface area contributed by atoms with E-state index in [-0.39, 0.29) is 18.0 Å². The molecule has 3 unspecified atom stereocenters. The molecule has 0 aromatic carbocycles. The average Bonchev–Trinajstić information content (AvgIpc) is 2.44. The summed E-state index contributed by atoms with van der Waals surface area (Å²) in [6.07, 6.45) is 8.10. The summed E-state index contributed by atoms with van der Waals surface area (Å²) in [4.78, 5) is 26.1. The van der Waals surface area contributed by atoms with Crippen molar-refractivity contribution in [1.82, 2.24) is 15.5 Å². The van der Waals surface area contributed by atoms with Gasteiger partial charge in [0.15, 0.2) is 0 Å². The maximum Gasteiger partial charge on any atom is 0.321 e. The zero-order valence-corrected chi connectivity index (χ0v) is 13.4. The van der Waals surface area contributed by atoms with Crippen LogP contribution in [0.15, 0.2) is 0 Å². The number of likely N-dealkylation sites (tertiary alicyclic amines) is 1. The van der Waals surface area contributed by atoms with Gasteiger partial charge in [0.2, 0.25) is 5.91 Å². The van der Waals surface area contributed by atoms with Crippen LogP contribution in [0.2, 0.25) is 0 Å². The number of hydrogen-bond acceptors (Lipinski definition) is 3. The number of urea groups is 1. The van der Waals surface area contributed by atoms with Crippen molar-refractivity contribution < 1.29 is 9.59 Å². The summed E-state index contributed by atoms with van der Waals surface area (Å²) in [5.41, 5.74) is 0. The number of rotatable bonds is 3. The maximum atomic E-state index is 12.0. The van der Waals surface area contributed by atoms with E-state index in [1.54, 1.807) is 0 Å². The van der Waals surface area contributed by atoms with Crippen LogP contribution in [0.3, 0.4) is 0 Å². The number of amides is 3. The van der Waals surface area contributed by atoms with Crippen molar-refractivity contribution in [3.05, 3.63) is 0 Å². The molecule has 3 amide bonds. The third-order valence-corrected chi connectivity index (χ3v) is 4.97. The predicted molar refractivity (Wildman–Crippen MR) is 83.0 cm³/mol. The Bertz CT molecular complexity index is 339. The van der Waals surface area contributed by atoms with Crippen molar-refractivity contribution in [1.29, 1.82) is 0 Å². The summed E-state index contributed by atoms with van der Waals surface area (Å²) in [6, 6.07) is 0.315. The van der Waals surface area contributed by atoms with E-state index in [1.807, 2.05) is 0 Å². The monoisotopic (exact) mass is 295 g/mol. The lowest BCUT2D eigenvalue weighted by Gasteiger charge is -2.32. The highest BCUT2D eigenvalue weighted by atomic mass is 16.2. The first-order valence-corrected chi connectivity index (χ1v) is 8.40. The van der Waals surface area contributed by atoms with Gasteiger partial charge < -0.3 is 5.32 Å². The molecule has 0 bridgehead atoms. The van der Waals surface area contributed by atoms with Crippen LogP contribution in [0.4, 0.5) is 4.79 Å². The van der Waals surface area contributed by atoms with Gasteiger partial charge in [0.05, 0.1) is 6.54 Å². The molecule has 0 spiro atoms. The Morgan fingerprint density at radius 2 is 1.76 bits per heavy atom. The molecule has 2 N–H and O–H groups in total. The lowest BCUT2D eigenvalue weighted by Crippen LogP contribution is -2.51. The van der Waals surface area contributed by atoms with Crippen LogP contribution in [0.25, 0.3) is 0 Å². The largest absolute Gasteiger partial charge is 0.335 e. The van der Waals surface area contributed by atoms with Gasteiger partial charge in [-0.3, -0.25) is 15.0 Å². The van der Waals surface area contributed by atoms with Crippen LogP contribution in [0.5, 0.6) is 0 Å². The molecule has 2 aliphatic rings. The standard InChI is InChI=1S/C16H29N3O2/c1-12-7-3-4-9-14(12)17-16(21)18-15(20)11-19-10-6-5-8-13(19)2/h12-14H,3-11H2,1-2H3,(H2,17,18,20,21). The first-order valence-electron chi connectivity index (χ1n) is 8.40. The molecule has 2 fully saturated rings. The van der Waals surface area contributed by atoms with Gasteiger partial charge >= 0.3 is 6.03 Å². The Kier molecular flexibility index (Phi) is 6.03. The average molecular weight is 295 g/mol. The van der Waals surface area contributed by atoms with Gasteiger partial charge in [-0.25, -0.2) is 4.79 Å². The summed E-state index contributed by atoms with van der Waals surface area (Å²) in [7, 11) is 0. The fourth-order valence-electron chi connectivity index (χ4n) is 3.48. The maximum absolute atomic E-state index is 12.0. The molecule has 2 rings (SSSR count). The lowest BCUT2D eigenvalue weighted by atomic mass is 9.86. The first-order chi connectivity index (χ1) is 10.1. The summed E-state index contributed by atoms with van der Waals surface area (Å²) in [5, 5.41) is 5.44. The summed E-state index contributed by atoms with van der Waals surface area (Å²) < 4.78 is 0. The van der Waals surface area contributed by atoms with Gasteiger partial charge in [-0.05, 0) is 45.1 Å². The summed E-state index contributed by atoms with van der Waals surface area (Å²) in [5.74, 6) is 0.312. The molecular weight excluding hydrogens is 266 g/mol. The van der Waals surface area contributed by atoms with Crippen molar-refractivity contribution in [3.63, 3.8) is 0 Å². The SMILES string of the molecule is CC1CCCCC1NC(=O)NC(=O)CN1CCCCC1C. The highest BCUT2D eigenvalue weighted by Gasteiger charge is 2.24. The number of carbonyl (C=O) groups excluding carboxylic acids is 2. The molecule has 0 aromatic heterocycles. The molecule has 1 saturated carbocycles. The second kappa shape index (κ2) is 7.78. The Morgan fingerprint density at radius 3 is 2.48 bits per heavy atom. The van der Waals surface area contributed by atoms with Crippen molar-refractivity contribution >= 4 is 11.9 Å². The number of piperidine rings is 1. The van der Waals surface area contributed by atoms with Gasteiger partial charge in [0, 0.05) is 12.1 Å². The van der Waals surface area contributed by atoms with Crippen LogP contribution >= 0.6 is 0 Å². The van der Waals surface area contributed by atoms with E-state index in [9.17, 15) is 9.59 Å². The van der Waals surface area contributed by atoms with E-state index < -0.39 is 0 Å². The minimum Gasteiger partial charge on any atom is -0.335 e. The third-order valence-electron chi connectivity index (χ3n) is 4.97. The molecule has 120 valence electrons. The molecular formula is C16H29N3O2. The molecule has 0 aromatic rings. The molecule has 1 heterocycles. The van der Waals surface area contributed by atoms with Crippen molar-refractivity contribution in [2.45, 2.75) is 70.9 Å². The third kappa shape index (κ3) is 4.99. The van der Waals surface area contributed by atoms with E-state index in [2.05, 4.69) is 29.4 Å². The molecule has 1 aliphatic carbocycles. The van der Waals surface area contributed by atoms with E-state index >= 15 is 0 Å². The lowest BCUT2D eigenvalue weighted by molar-refractivity contribution is -0.122. The molecule has 1 saturated heterocycles. The summed E-state index contributed by atoms with van der Waals surface area (Å²) >= 11 is 0. The van der Waals surface area contributed by atoms with E-state index in [1.165, 1.54) is 12.8 Å². The van der Waals surface area contributed by atoms with Crippen molar-refractivity contribution in [2.24, 2.45) is 5.92 Å². The fraction of sp³-hybridized carbons (Fsp3) is 0.875. The zero-order chi connectivity index (χ0) is 15.2. The minimum atomic E-state index is -0.330. The van der Waals surface area contributed by atoms with Gasteiger partial charge in [-0.15, -0.1) is 0 Å². The predicted octanol–water partition coefficient (Wildman–Crippen LogP) is 2.27. The van der Waals surface area contributed by atoms with Crippen LogP contribution in [0, 0.1) is 5.92 Å². The minimum absolute atomic E-state index is 0.190. The normalized spacial score (nSPS) is 30.7. The molecule has 5 nitrogen and oxygen atoms in total. The number of nitrogens with zero attached hydrogens (tertiary/aromatic N) is 1. The van der Waals surface area contributed by atoms with Crippen molar-refractivity contribution in [2.75, 3.05) is 13.1 Å². The number of hydrogen-bond donors (Lipinski definition) is 2. The van der Waals surface area contributed by atoms with E-state index in [0.717, 1.165) is 38.6 Å². The van der Waals surface area contributed by atoms with Gasteiger partial charge in [-0.2, -0.15) is 0 Å². The number of imide groups is 1. The second-order valence-corrected chi connectivity index (χ2v) is 6.71. The number of carbonyl (C=O) groups is 2. The van der Waals surface area contributed by atoms with Crippen LogP contribution in [0.1, 0.15) is 58.8 Å². The number of nitrogens with one attached hydrogen (secondary N) is 2. The van der Waals surface area contributed by atoms with Gasteiger partial charge in [0.25, 0.3) is 0 Å². The Balaban J connectivity index is 1.72. The van der Waals surface area contributed by atoms with Crippen molar-refractivity contribution in [3.8, 4) is 0 Å². The zero-order valence-electron chi connectivity index (χ0n) is 13.4. The van der Waals surface area contributed by atoms with Crippen LogP contribution in [-0.2, 0) is 4.79 Å². The van der Waals surface area contributed by atoms with E-state index in [0.29, 0.717) is 18.5 Å². The van der Waals surface area contributed by atoms with Crippen LogP contribution in [-0.4, -0.2) is 42.0 Å².